The van der Waals surface area contributed by atoms with Crippen molar-refractivity contribution in [3.05, 3.63) is 76.6 Å². The fraction of sp³-hybridized carbons (Fsp3) is 0.367. The lowest BCUT2D eigenvalue weighted by atomic mass is 9.75. The minimum absolute atomic E-state index is 0.110. The number of amides is 2. The van der Waals surface area contributed by atoms with Crippen molar-refractivity contribution in [3.8, 4) is 17.0 Å². The maximum Gasteiger partial charge on any atom is 0.257 e. The number of aryl methyl sites for hydroxylation is 2. The molecule has 0 bridgehead atoms. The normalized spacial score (nSPS) is 19.1. The van der Waals surface area contributed by atoms with Crippen molar-refractivity contribution in [2.45, 2.75) is 57.4 Å². The van der Waals surface area contributed by atoms with Crippen LogP contribution in [0.2, 0.25) is 0 Å². The lowest BCUT2D eigenvalue weighted by molar-refractivity contribution is -0.119. The minimum atomic E-state index is -1.10. The molecule has 12 heteroatoms. The Kier molecular flexibility index (Phi) is 6.10. The summed E-state index contributed by atoms with van der Waals surface area (Å²) in [6.07, 6.45) is 6.00. The van der Waals surface area contributed by atoms with Crippen LogP contribution in [0.15, 0.2) is 41.2 Å². The van der Waals surface area contributed by atoms with Gasteiger partial charge in [0.25, 0.3) is 5.91 Å². The molecule has 1 unspecified atom stereocenters. The van der Waals surface area contributed by atoms with E-state index in [1.54, 1.807) is 19.9 Å². The molecule has 3 aliphatic rings. The molecule has 2 atom stereocenters. The first-order valence-corrected chi connectivity index (χ1v) is 13.9. The fourth-order valence-corrected chi connectivity index (χ4v) is 6.08. The van der Waals surface area contributed by atoms with E-state index in [1.807, 2.05) is 0 Å². The predicted molar refractivity (Wildman–Crippen MR) is 146 cm³/mol. The molecule has 1 spiro atoms. The Bertz CT molecular complexity index is 1700. The Morgan fingerprint density at radius 3 is 2.67 bits per heavy atom. The van der Waals surface area contributed by atoms with E-state index in [4.69, 9.17) is 9.26 Å². The SMILES string of the molecule is Cc1n[nH]c(C)c1-c1ncc(NC(=O)[C@@H](NC(=O)c2conc2C2CC2)C2c3ccc(F)cc3OCC23CC3)cc1F. The Labute approximate surface area is 239 Å². The van der Waals surface area contributed by atoms with E-state index in [9.17, 15) is 14.0 Å². The number of benzene rings is 1. The Hall–Kier alpha value is -4.61. The molecule has 216 valence electrons. The Morgan fingerprint density at radius 2 is 1.98 bits per heavy atom. The van der Waals surface area contributed by atoms with Crippen molar-refractivity contribution in [2.24, 2.45) is 5.41 Å². The van der Waals surface area contributed by atoms with Gasteiger partial charge in [0.05, 0.1) is 29.9 Å². The number of hydrogen-bond acceptors (Lipinski definition) is 7. The third-order valence-corrected chi connectivity index (χ3v) is 8.56. The smallest absolute Gasteiger partial charge is 0.257 e. The van der Waals surface area contributed by atoms with Crippen LogP contribution in [-0.4, -0.2) is 44.8 Å². The van der Waals surface area contributed by atoms with E-state index in [2.05, 4.69) is 31.0 Å². The standard InChI is InChI=1S/C30H28F2N6O4/c1-14-23(15(2)37-36-14)26-21(32)10-18(11-33-26)34-29(40)27(35-28(39)20-12-42-38-25(20)16-3-4-16)24-19-6-5-17(31)9-22(19)41-13-30(24)7-8-30/h5-6,9-12,16,24,27H,3-4,7-8,13H2,1-2H3,(H,34,40)(H,35,39)(H,36,37)/t24?,27-/m0/s1. The van der Waals surface area contributed by atoms with Crippen LogP contribution >= 0.6 is 0 Å². The summed E-state index contributed by atoms with van der Waals surface area (Å²) in [5.41, 5.74) is 3.10. The van der Waals surface area contributed by atoms with Gasteiger partial charge in [0.1, 0.15) is 35.1 Å². The summed E-state index contributed by atoms with van der Waals surface area (Å²) in [6, 6.07) is 4.29. The molecule has 10 nitrogen and oxygen atoms in total. The molecule has 4 heterocycles. The molecule has 2 amide bonds. The molecule has 3 aromatic heterocycles. The maximum atomic E-state index is 15.3. The molecule has 2 saturated carbocycles. The number of halogens is 2. The number of carbonyl (C=O) groups is 2. The first kappa shape index (κ1) is 26.3. The fourth-order valence-electron chi connectivity index (χ4n) is 6.08. The average Bonchev–Trinajstić information content (AvgIpc) is 3.88. The predicted octanol–water partition coefficient (Wildman–Crippen LogP) is 4.93. The van der Waals surface area contributed by atoms with E-state index in [1.165, 1.54) is 30.7 Å². The Morgan fingerprint density at radius 1 is 1.17 bits per heavy atom. The van der Waals surface area contributed by atoms with E-state index in [-0.39, 0.29) is 29.5 Å². The molecule has 0 radical (unpaired) electrons. The zero-order chi connectivity index (χ0) is 29.2. The highest BCUT2D eigenvalue weighted by molar-refractivity contribution is 6.02. The summed E-state index contributed by atoms with van der Waals surface area (Å²) in [4.78, 5) is 31.9. The topological polar surface area (TPSA) is 135 Å². The molecule has 0 saturated heterocycles. The number of aromatic nitrogens is 4. The maximum absolute atomic E-state index is 15.3. The van der Waals surface area contributed by atoms with Crippen molar-refractivity contribution in [1.29, 1.82) is 0 Å². The number of nitrogens with one attached hydrogen (secondary N) is 3. The first-order chi connectivity index (χ1) is 20.2. The zero-order valence-electron chi connectivity index (χ0n) is 23.0. The van der Waals surface area contributed by atoms with Gasteiger partial charge in [-0.25, -0.2) is 8.78 Å². The first-order valence-electron chi connectivity index (χ1n) is 13.9. The Balaban J connectivity index is 1.23. The van der Waals surface area contributed by atoms with Gasteiger partial charge in [-0.3, -0.25) is 19.7 Å². The molecule has 2 aliphatic carbocycles. The van der Waals surface area contributed by atoms with E-state index in [0.29, 0.717) is 34.0 Å². The molecule has 3 N–H and O–H groups in total. The van der Waals surface area contributed by atoms with Crippen LogP contribution in [0.1, 0.15) is 70.5 Å². The second-order valence-electron chi connectivity index (χ2n) is 11.5. The van der Waals surface area contributed by atoms with Gasteiger partial charge >= 0.3 is 0 Å². The number of carbonyl (C=O) groups excluding carboxylic acids is 2. The highest BCUT2D eigenvalue weighted by atomic mass is 19.1. The van der Waals surface area contributed by atoms with Gasteiger partial charge < -0.3 is 19.9 Å². The van der Waals surface area contributed by atoms with Crippen molar-refractivity contribution in [3.63, 3.8) is 0 Å². The molecule has 42 heavy (non-hydrogen) atoms. The minimum Gasteiger partial charge on any atom is -0.493 e. The molecule has 2 fully saturated rings. The summed E-state index contributed by atoms with van der Waals surface area (Å²) >= 11 is 0. The van der Waals surface area contributed by atoms with Crippen molar-refractivity contribution >= 4 is 17.5 Å². The average molecular weight is 575 g/mol. The van der Waals surface area contributed by atoms with Crippen LogP contribution < -0.4 is 15.4 Å². The van der Waals surface area contributed by atoms with Crippen molar-refractivity contribution in [2.75, 3.05) is 11.9 Å². The number of pyridine rings is 1. The van der Waals surface area contributed by atoms with Crippen molar-refractivity contribution in [1.82, 2.24) is 25.7 Å². The lowest BCUT2D eigenvalue weighted by Crippen LogP contribution is -2.52. The highest BCUT2D eigenvalue weighted by Gasteiger charge is 2.58. The third-order valence-electron chi connectivity index (χ3n) is 8.56. The second-order valence-corrected chi connectivity index (χ2v) is 11.5. The van der Waals surface area contributed by atoms with Crippen LogP contribution in [-0.2, 0) is 4.79 Å². The number of rotatable bonds is 7. The van der Waals surface area contributed by atoms with Crippen LogP contribution in [0.25, 0.3) is 11.3 Å². The molecule has 1 aliphatic heterocycles. The lowest BCUT2D eigenvalue weighted by Gasteiger charge is -2.38. The number of ether oxygens (including phenoxy) is 1. The van der Waals surface area contributed by atoms with Crippen LogP contribution in [0, 0.1) is 30.9 Å². The van der Waals surface area contributed by atoms with Crippen LogP contribution in [0.5, 0.6) is 5.75 Å². The van der Waals surface area contributed by atoms with Gasteiger partial charge in [-0.05, 0) is 45.6 Å². The van der Waals surface area contributed by atoms with Gasteiger partial charge in [0.15, 0.2) is 5.82 Å². The molecule has 4 aromatic rings. The largest absolute Gasteiger partial charge is 0.493 e. The van der Waals surface area contributed by atoms with Gasteiger partial charge in [-0.15, -0.1) is 0 Å². The monoisotopic (exact) mass is 574 g/mol. The van der Waals surface area contributed by atoms with Crippen LogP contribution in [0.3, 0.4) is 0 Å². The number of aromatic amines is 1. The quantitative estimate of drug-likeness (QED) is 0.285. The summed E-state index contributed by atoms with van der Waals surface area (Å²) < 4.78 is 40.4. The van der Waals surface area contributed by atoms with E-state index in [0.717, 1.165) is 25.7 Å². The number of fused-ring (bicyclic) bond motifs is 1. The number of anilines is 1. The van der Waals surface area contributed by atoms with Gasteiger partial charge in [0.2, 0.25) is 5.91 Å². The van der Waals surface area contributed by atoms with Gasteiger partial charge in [0, 0.05) is 46.2 Å². The molecular weight excluding hydrogens is 546 g/mol. The van der Waals surface area contributed by atoms with E-state index < -0.39 is 40.8 Å². The van der Waals surface area contributed by atoms with Gasteiger partial charge in [-0.2, -0.15) is 5.10 Å². The molecule has 1 aromatic carbocycles. The molecular formula is C30H28F2N6O4. The number of hydrogen-bond donors (Lipinski definition) is 3. The van der Waals surface area contributed by atoms with E-state index >= 15 is 4.39 Å². The molecule has 7 rings (SSSR count). The number of nitrogens with zero attached hydrogens (tertiary/aromatic N) is 3. The highest BCUT2D eigenvalue weighted by Crippen LogP contribution is 2.61. The van der Waals surface area contributed by atoms with Crippen molar-refractivity contribution < 1.29 is 27.6 Å². The third kappa shape index (κ3) is 4.50. The summed E-state index contributed by atoms with van der Waals surface area (Å²) in [7, 11) is 0. The summed E-state index contributed by atoms with van der Waals surface area (Å²) in [6.45, 7) is 3.80. The number of H-pyrrole nitrogens is 1. The van der Waals surface area contributed by atoms with Crippen LogP contribution in [0.4, 0.5) is 14.5 Å². The summed E-state index contributed by atoms with van der Waals surface area (Å²) in [5.74, 6) is -2.22. The van der Waals surface area contributed by atoms with Gasteiger partial charge in [-0.1, -0.05) is 11.2 Å². The summed E-state index contributed by atoms with van der Waals surface area (Å²) in [5, 5.41) is 16.6. The second kappa shape index (κ2) is 9.74. The zero-order valence-corrected chi connectivity index (χ0v) is 23.0.